The maximum Gasteiger partial charge on any atom is 0.335 e. The highest BCUT2D eigenvalue weighted by molar-refractivity contribution is 7.80. The lowest BCUT2D eigenvalue weighted by Crippen LogP contribution is -2.55. The molecule has 2 aliphatic heterocycles. The smallest absolute Gasteiger partial charge is 0.335 e. The number of nitrogens with zero attached hydrogens (tertiary/aromatic N) is 3. The summed E-state index contributed by atoms with van der Waals surface area (Å²) in [5, 5.41) is 23.5. The molecule has 7 nitrogen and oxygen atoms in total. The van der Waals surface area contributed by atoms with Crippen LogP contribution >= 0.6 is 23.8 Å². The Bertz CT molecular complexity index is 1250. The number of hydrazine groups is 1. The van der Waals surface area contributed by atoms with Crippen molar-refractivity contribution in [1.82, 2.24) is 10.4 Å². The molecule has 3 aromatic rings. The van der Waals surface area contributed by atoms with Gasteiger partial charge in [0.2, 0.25) is 11.7 Å². The first-order valence-corrected chi connectivity index (χ1v) is 10.1. The average Bonchev–Trinajstić information content (AvgIpc) is 3.11. The number of guanidine groups is 1. The summed E-state index contributed by atoms with van der Waals surface area (Å²) in [7, 11) is 0. The normalized spacial score (nSPS) is 19.4. The molecule has 2 heterocycles. The second-order valence-electron chi connectivity index (χ2n) is 7.05. The number of aromatic carboxylic acids is 1. The minimum absolute atomic E-state index is 0.157. The lowest BCUT2D eigenvalue weighted by Gasteiger charge is -2.41. The molecule has 9 heteroatoms. The molecule has 5 rings (SSSR count). The summed E-state index contributed by atoms with van der Waals surface area (Å²) in [6.45, 7) is 0. The number of aliphatic imine (C=N–C) groups is 1. The van der Waals surface area contributed by atoms with E-state index in [1.54, 1.807) is 35.2 Å². The SMILES string of the molecule is O=C(O)c1ccc(N2C(=S)NN3C2=Nc2ccc(Cl)cc2C3(O)c2ccccc2)cc1. The quantitative estimate of drug-likeness (QED) is 0.522. The molecular weight excluding hydrogens is 436 g/mol. The van der Waals surface area contributed by atoms with Crippen LogP contribution in [0.1, 0.15) is 21.5 Å². The van der Waals surface area contributed by atoms with E-state index < -0.39 is 11.7 Å². The Morgan fingerprint density at radius 2 is 1.77 bits per heavy atom. The van der Waals surface area contributed by atoms with Crippen LogP contribution in [0.5, 0.6) is 0 Å². The summed E-state index contributed by atoms with van der Waals surface area (Å²) in [4.78, 5) is 17.6. The van der Waals surface area contributed by atoms with E-state index in [2.05, 4.69) is 5.43 Å². The number of nitrogens with one attached hydrogen (secondary N) is 1. The third kappa shape index (κ3) is 2.96. The van der Waals surface area contributed by atoms with Crippen molar-refractivity contribution in [3.63, 3.8) is 0 Å². The number of carboxylic acids is 1. The van der Waals surface area contributed by atoms with Crippen molar-refractivity contribution in [1.29, 1.82) is 0 Å². The van der Waals surface area contributed by atoms with Crippen molar-refractivity contribution in [3.8, 4) is 0 Å². The van der Waals surface area contributed by atoms with Crippen LogP contribution in [-0.2, 0) is 5.72 Å². The van der Waals surface area contributed by atoms with E-state index in [1.165, 1.54) is 17.1 Å². The minimum atomic E-state index is -1.64. The van der Waals surface area contributed by atoms with Crippen molar-refractivity contribution in [2.24, 2.45) is 4.99 Å². The Balaban J connectivity index is 1.69. The van der Waals surface area contributed by atoms with Gasteiger partial charge in [0.25, 0.3) is 0 Å². The van der Waals surface area contributed by atoms with E-state index in [4.69, 9.17) is 28.8 Å². The molecule has 3 aromatic carbocycles. The highest BCUT2D eigenvalue weighted by Gasteiger charge is 2.51. The Hall–Kier alpha value is -3.46. The van der Waals surface area contributed by atoms with Gasteiger partial charge in [0.15, 0.2) is 5.11 Å². The number of rotatable bonds is 3. The summed E-state index contributed by atoms with van der Waals surface area (Å²) in [6.07, 6.45) is 0. The topological polar surface area (TPSA) is 88.4 Å². The number of hydrogen-bond donors (Lipinski definition) is 3. The molecule has 1 unspecified atom stereocenters. The molecule has 1 atom stereocenters. The maximum atomic E-state index is 12.0. The van der Waals surface area contributed by atoms with E-state index in [-0.39, 0.29) is 10.7 Å². The number of carboxylic acid groups (broad SMARTS) is 1. The molecule has 0 aliphatic carbocycles. The number of fused-ring (bicyclic) bond motifs is 2. The van der Waals surface area contributed by atoms with Gasteiger partial charge in [0.05, 0.1) is 16.9 Å². The van der Waals surface area contributed by atoms with Crippen LogP contribution in [0.25, 0.3) is 0 Å². The maximum absolute atomic E-state index is 12.0. The van der Waals surface area contributed by atoms with Gasteiger partial charge in [0.1, 0.15) is 0 Å². The van der Waals surface area contributed by atoms with E-state index >= 15 is 0 Å². The number of thiocarbonyl (C=S) groups is 1. The van der Waals surface area contributed by atoms with Crippen LogP contribution < -0.4 is 10.3 Å². The molecule has 0 saturated carbocycles. The fourth-order valence-electron chi connectivity index (χ4n) is 3.77. The van der Waals surface area contributed by atoms with Gasteiger partial charge in [-0.3, -0.25) is 10.3 Å². The number of aliphatic hydroxyl groups is 1. The van der Waals surface area contributed by atoms with Gasteiger partial charge >= 0.3 is 5.97 Å². The summed E-state index contributed by atoms with van der Waals surface area (Å²) in [5.41, 5.74) is 3.82. The predicted molar refractivity (Wildman–Crippen MR) is 121 cm³/mol. The number of carbonyl (C=O) groups is 1. The molecule has 0 radical (unpaired) electrons. The van der Waals surface area contributed by atoms with Gasteiger partial charge < -0.3 is 10.2 Å². The molecule has 0 aromatic heterocycles. The lowest BCUT2D eigenvalue weighted by molar-refractivity contribution is -0.0509. The highest BCUT2D eigenvalue weighted by Crippen LogP contribution is 2.45. The van der Waals surface area contributed by atoms with Gasteiger partial charge in [-0.2, -0.15) is 0 Å². The third-order valence-corrected chi connectivity index (χ3v) is 5.75. The largest absolute Gasteiger partial charge is 0.478 e. The van der Waals surface area contributed by atoms with E-state index in [9.17, 15) is 15.0 Å². The van der Waals surface area contributed by atoms with Crippen LogP contribution in [0.2, 0.25) is 5.02 Å². The van der Waals surface area contributed by atoms with Gasteiger partial charge in [-0.05, 0) is 54.7 Å². The zero-order chi connectivity index (χ0) is 21.8. The van der Waals surface area contributed by atoms with Crippen LogP contribution in [0, 0.1) is 0 Å². The van der Waals surface area contributed by atoms with Crippen LogP contribution in [-0.4, -0.2) is 32.3 Å². The van der Waals surface area contributed by atoms with Crippen molar-refractivity contribution in [3.05, 3.63) is 94.5 Å². The Labute approximate surface area is 187 Å². The fraction of sp³-hybridized carbons (Fsp3) is 0.0455. The van der Waals surface area contributed by atoms with E-state index in [0.717, 1.165) is 0 Å². The van der Waals surface area contributed by atoms with E-state index in [1.807, 2.05) is 30.3 Å². The summed E-state index contributed by atoms with van der Waals surface area (Å²) < 4.78 is 0. The number of halogens is 1. The number of hydrogen-bond acceptors (Lipinski definition) is 5. The van der Waals surface area contributed by atoms with E-state index in [0.29, 0.717) is 33.5 Å². The van der Waals surface area contributed by atoms with Crippen LogP contribution in [0.3, 0.4) is 0 Å². The van der Waals surface area contributed by atoms with Crippen molar-refractivity contribution in [2.75, 3.05) is 4.90 Å². The first-order valence-electron chi connectivity index (χ1n) is 9.30. The monoisotopic (exact) mass is 450 g/mol. The second-order valence-corrected chi connectivity index (χ2v) is 7.87. The summed E-state index contributed by atoms with van der Waals surface area (Å²) in [5.74, 6) is -0.663. The highest BCUT2D eigenvalue weighted by atomic mass is 35.5. The van der Waals surface area contributed by atoms with Gasteiger partial charge in [-0.25, -0.2) is 14.8 Å². The Kier molecular flexibility index (Phi) is 4.44. The van der Waals surface area contributed by atoms with Gasteiger partial charge in [-0.15, -0.1) is 0 Å². The molecule has 0 spiro atoms. The molecule has 0 bridgehead atoms. The molecule has 154 valence electrons. The standard InChI is InChI=1S/C22H15ClN4O3S/c23-15-8-11-18-17(12-15)22(30,14-4-2-1-3-5-14)27-20(24-18)26(21(31)25-27)16-9-6-13(7-10-16)19(28)29/h1-12,30H,(H,25,31)(H,28,29). The summed E-state index contributed by atoms with van der Waals surface area (Å²) >= 11 is 11.8. The van der Waals surface area contributed by atoms with Crippen molar-refractivity contribution >= 4 is 52.2 Å². The molecular formula is C22H15ClN4O3S. The third-order valence-electron chi connectivity index (χ3n) is 5.24. The van der Waals surface area contributed by atoms with Crippen molar-refractivity contribution < 1.29 is 15.0 Å². The van der Waals surface area contributed by atoms with Crippen LogP contribution in [0.15, 0.2) is 77.8 Å². The molecule has 1 fully saturated rings. The van der Waals surface area contributed by atoms with Crippen molar-refractivity contribution in [2.45, 2.75) is 5.72 Å². The zero-order valence-electron chi connectivity index (χ0n) is 15.9. The fourth-order valence-corrected chi connectivity index (χ4v) is 4.22. The number of anilines is 1. The summed E-state index contributed by atoms with van der Waals surface area (Å²) in [6, 6.07) is 20.5. The Morgan fingerprint density at radius 1 is 1.06 bits per heavy atom. The lowest BCUT2D eigenvalue weighted by atomic mass is 9.91. The molecule has 3 N–H and O–H groups in total. The predicted octanol–water partition coefficient (Wildman–Crippen LogP) is 3.84. The molecule has 31 heavy (non-hydrogen) atoms. The van der Waals surface area contributed by atoms with Gasteiger partial charge in [-0.1, -0.05) is 41.9 Å². The first-order chi connectivity index (χ1) is 14.9. The Morgan fingerprint density at radius 3 is 2.45 bits per heavy atom. The molecule has 1 saturated heterocycles. The second kappa shape index (κ2) is 7.05. The zero-order valence-corrected chi connectivity index (χ0v) is 17.4. The number of benzene rings is 3. The molecule has 2 aliphatic rings. The first kappa shape index (κ1) is 19.5. The van der Waals surface area contributed by atoms with Gasteiger partial charge in [0, 0.05) is 16.1 Å². The average molecular weight is 451 g/mol. The van der Waals surface area contributed by atoms with Crippen LogP contribution in [0.4, 0.5) is 11.4 Å². The minimum Gasteiger partial charge on any atom is -0.478 e. The molecule has 0 amide bonds.